The van der Waals surface area contributed by atoms with Crippen molar-refractivity contribution in [2.75, 3.05) is 10.5 Å². The Morgan fingerprint density at radius 2 is 1.89 bits per heavy atom. The Bertz CT molecular complexity index is 415. The Hall–Kier alpha value is -1.03. The van der Waals surface area contributed by atoms with Gasteiger partial charge in [0.05, 0.1) is 5.75 Å². The average Bonchev–Trinajstić information content (AvgIpc) is 2.34. The molecule has 0 fully saturated rings. The molecule has 0 bridgehead atoms. The lowest BCUT2D eigenvalue weighted by Crippen LogP contribution is -2.16. The van der Waals surface area contributed by atoms with Crippen LogP contribution in [0.3, 0.4) is 0 Å². The monoisotopic (exact) mass is 268 g/mol. The third-order valence-electron chi connectivity index (χ3n) is 2.75. The van der Waals surface area contributed by atoms with Gasteiger partial charge in [0.15, 0.2) is 0 Å². The highest BCUT2D eigenvalue weighted by atomic mass is 32.2. The molecule has 1 radical (unpaired) electrons. The number of nitrogens with one attached hydrogen (secondary N) is 1. The van der Waals surface area contributed by atoms with E-state index in [2.05, 4.69) is 17.7 Å². The van der Waals surface area contributed by atoms with Crippen LogP contribution in [0.5, 0.6) is 0 Å². The molecule has 1 aromatic rings. The zero-order valence-electron chi connectivity index (χ0n) is 11.0. The first-order valence-corrected chi connectivity index (χ1v) is 8.26. The fourth-order valence-corrected chi connectivity index (χ4v) is 2.93. The summed E-state index contributed by atoms with van der Waals surface area (Å²) < 4.78 is 26.1. The molecule has 0 heterocycles. The van der Waals surface area contributed by atoms with Gasteiger partial charge in [0.2, 0.25) is 10.0 Å². The Labute approximate surface area is 111 Å². The number of hydrogen-bond acceptors (Lipinski definition) is 2. The van der Waals surface area contributed by atoms with Crippen LogP contribution in [0.15, 0.2) is 24.3 Å². The highest BCUT2D eigenvalue weighted by Crippen LogP contribution is 2.10. The summed E-state index contributed by atoms with van der Waals surface area (Å²) in [6.45, 7) is 2.17. The van der Waals surface area contributed by atoms with Gasteiger partial charge in [-0.3, -0.25) is 4.72 Å². The summed E-state index contributed by atoms with van der Waals surface area (Å²) in [5, 5.41) is 0. The van der Waals surface area contributed by atoms with Gasteiger partial charge in [0.25, 0.3) is 0 Å². The van der Waals surface area contributed by atoms with Crippen LogP contribution >= 0.6 is 0 Å². The smallest absolute Gasteiger partial charge is 0.232 e. The molecule has 4 heteroatoms. The summed E-state index contributed by atoms with van der Waals surface area (Å²) in [4.78, 5) is 0. The van der Waals surface area contributed by atoms with Crippen LogP contribution in [0.4, 0.5) is 5.69 Å². The summed E-state index contributed by atoms with van der Waals surface area (Å²) in [6.07, 6.45) is 6.51. The quantitative estimate of drug-likeness (QED) is 0.696. The van der Waals surface area contributed by atoms with Crippen molar-refractivity contribution in [3.8, 4) is 0 Å². The minimum Gasteiger partial charge on any atom is -0.284 e. The van der Waals surface area contributed by atoms with Gasteiger partial charge in [0, 0.05) is 5.69 Å². The van der Waals surface area contributed by atoms with Crippen molar-refractivity contribution < 1.29 is 8.42 Å². The van der Waals surface area contributed by atoms with Crippen LogP contribution in [0.2, 0.25) is 0 Å². The second kappa shape index (κ2) is 8.14. The fraction of sp³-hybridized carbons (Fsp3) is 0.571. The normalized spacial score (nSPS) is 11.4. The SMILES string of the molecule is CCCCCCCCS(=O)(=O)Nc1c[c]ccc1. The third-order valence-corrected chi connectivity index (χ3v) is 4.12. The van der Waals surface area contributed by atoms with Crippen molar-refractivity contribution >= 4 is 15.7 Å². The molecule has 0 aliphatic carbocycles. The maximum atomic E-state index is 11.8. The first-order valence-electron chi connectivity index (χ1n) is 6.60. The molecule has 101 valence electrons. The highest BCUT2D eigenvalue weighted by molar-refractivity contribution is 7.92. The molecule has 0 amide bonds. The number of rotatable bonds is 9. The van der Waals surface area contributed by atoms with E-state index in [0.717, 1.165) is 19.3 Å². The molecule has 1 rings (SSSR count). The Morgan fingerprint density at radius 3 is 2.56 bits per heavy atom. The summed E-state index contributed by atoms with van der Waals surface area (Å²) in [5.74, 6) is 0.202. The molecule has 18 heavy (non-hydrogen) atoms. The predicted octanol–water partition coefficient (Wildman–Crippen LogP) is 3.59. The van der Waals surface area contributed by atoms with E-state index < -0.39 is 10.0 Å². The molecule has 0 saturated carbocycles. The largest absolute Gasteiger partial charge is 0.284 e. The minimum atomic E-state index is -3.20. The van der Waals surface area contributed by atoms with E-state index in [1.165, 1.54) is 19.3 Å². The lowest BCUT2D eigenvalue weighted by molar-refractivity contribution is 0.588. The molecule has 0 saturated heterocycles. The minimum absolute atomic E-state index is 0.202. The van der Waals surface area contributed by atoms with Crippen molar-refractivity contribution in [1.82, 2.24) is 0 Å². The Kier molecular flexibility index (Phi) is 6.80. The third kappa shape index (κ3) is 6.64. The van der Waals surface area contributed by atoms with E-state index in [1.807, 2.05) is 0 Å². The van der Waals surface area contributed by atoms with Crippen LogP contribution in [-0.2, 0) is 10.0 Å². The van der Waals surface area contributed by atoms with E-state index in [4.69, 9.17) is 0 Å². The van der Waals surface area contributed by atoms with Crippen molar-refractivity contribution in [3.63, 3.8) is 0 Å². The summed E-state index contributed by atoms with van der Waals surface area (Å²) in [6, 6.07) is 9.72. The molecule has 0 spiro atoms. The maximum absolute atomic E-state index is 11.8. The number of benzene rings is 1. The van der Waals surface area contributed by atoms with Gasteiger partial charge in [0.1, 0.15) is 0 Å². The molecule has 0 unspecified atom stereocenters. The second-order valence-electron chi connectivity index (χ2n) is 4.48. The van der Waals surface area contributed by atoms with Crippen LogP contribution in [-0.4, -0.2) is 14.2 Å². The van der Waals surface area contributed by atoms with Crippen molar-refractivity contribution in [2.24, 2.45) is 0 Å². The number of sulfonamides is 1. The van der Waals surface area contributed by atoms with Gasteiger partial charge in [-0.15, -0.1) is 0 Å². The van der Waals surface area contributed by atoms with Gasteiger partial charge >= 0.3 is 0 Å². The lowest BCUT2D eigenvalue weighted by atomic mass is 10.1. The topological polar surface area (TPSA) is 46.2 Å². The van der Waals surface area contributed by atoms with Gasteiger partial charge in [-0.2, -0.15) is 0 Å². The molecule has 0 atom stereocenters. The summed E-state index contributed by atoms with van der Waals surface area (Å²) in [7, 11) is -3.20. The number of anilines is 1. The van der Waals surface area contributed by atoms with Gasteiger partial charge in [-0.1, -0.05) is 51.2 Å². The van der Waals surface area contributed by atoms with Crippen LogP contribution in [0, 0.1) is 6.07 Å². The van der Waals surface area contributed by atoms with Crippen molar-refractivity contribution in [3.05, 3.63) is 30.3 Å². The van der Waals surface area contributed by atoms with Crippen LogP contribution < -0.4 is 4.72 Å². The molecule has 1 N–H and O–H groups in total. The summed E-state index contributed by atoms with van der Waals surface area (Å²) >= 11 is 0. The maximum Gasteiger partial charge on any atom is 0.232 e. The predicted molar refractivity (Wildman–Crippen MR) is 76.1 cm³/mol. The van der Waals surface area contributed by atoms with E-state index in [9.17, 15) is 8.42 Å². The zero-order valence-corrected chi connectivity index (χ0v) is 11.8. The van der Waals surface area contributed by atoms with Gasteiger partial charge in [-0.05, 0) is 24.6 Å². The van der Waals surface area contributed by atoms with E-state index in [0.29, 0.717) is 5.69 Å². The van der Waals surface area contributed by atoms with E-state index in [-0.39, 0.29) is 5.75 Å². The van der Waals surface area contributed by atoms with E-state index in [1.54, 1.807) is 24.3 Å². The molecular formula is C14H22NO2S. The molecule has 0 aliphatic heterocycles. The van der Waals surface area contributed by atoms with Crippen molar-refractivity contribution in [2.45, 2.75) is 45.4 Å². The highest BCUT2D eigenvalue weighted by Gasteiger charge is 2.09. The first-order chi connectivity index (χ1) is 8.64. The zero-order chi connectivity index (χ0) is 13.3. The average molecular weight is 268 g/mol. The first kappa shape index (κ1) is 15.0. The van der Waals surface area contributed by atoms with Gasteiger partial charge in [-0.25, -0.2) is 8.42 Å². The molecule has 1 aromatic carbocycles. The Morgan fingerprint density at radius 1 is 1.17 bits per heavy atom. The molecule has 0 aromatic heterocycles. The lowest BCUT2D eigenvalue weighted by Gasteiger charge is -2.07. The number of unbranched alkanes of at least 4 members (excludes halogenated alkanes) is 5. The molecule has 3 nitrogen and oxygen atoms in total. The van der Waals surface area contributed by atoms with E-state index >= 15 is 0 Å². The second-order valence-corrected chi connectivity index (χ2v) is 6.32. The van der Waals surface area contributed by atoms with Crippen LogP contribution in [0.1, 0.15) is 45.4 Å². The molecule has 0 aliphatic rings. The standard InChI is InChI=1S/C14H22NO2S/c1-2-3-4-5-6-10-13-18(16,17)15-14-11-8-7-9-12-14/h7-8,11-12,15H,2-6,10,13H2,1H3. The van der Waals surface area contributed by atoms with Gasteiger partial charge < -0.3 is 0 Å². The Balaban J connectivity index is 2.24. The van der Waals surface area contributed by atoms with Crippen LogP contribution in [0.25, 0.3) is 0 Å². The fourth-order valence-electron chi connectivity index (χ4n) is 1.76. The summed E-state index contributed by atoms with van der Waals surface area (Å²) in [5.41, 5.74) is 0.587. The molecular weight excluding hydrogens is 246 g/mol. The van der Waals surface area contributed by atoms with Crippen molar-refractivity contribution in [1.29, 1.82) is 0 Å². The number of hydrogen-bond donors (Lipinski definition) is 1.